The normalized spacial score (nSPS) is 45.6. The van der Waals surface area contributed by atoms with E-state index in [9.17, 15) is 0 Å². The molecule has 4 nitrogen and oxygen atoms in total. The lowest BCUT2D eigenvalue weighted by Gasteiger charge is -2.30. The Morgan fingerprint density at radius 1 is 1.10 bits per heavy atom. The highest BCUT2D eigenvalue weighted by molar-refractivity contribution is 7.30. The van der Waals surface area contributed by atoms with Crippen molar-refractivity contribution in [2.24, 2.45) is 0 Å². The van der Waals surface area contributed by atoms with Gasteiger partial charge in [-0.05, 0) is 0 Å². The maximum Gasteiger partial charge on any atom is 0.155 e. The Morgan fingerprint density at radius 2 is 1.80 bits per heavy atom. The molecular weight excluding hydrogens is 172 g/mol. The van der Waals surface area contributed by atoms with Gasteiger partial charge in [0, 0.05) is 0 Å². The van der Waals surface area contributed by atoms with Gasteiger partial charge in [-0.3, -0.25) is 5.09 Å². The van der Waals surface area contributed by atoms with Crippen LogP contribution in [0.4, 0.5) is 0 Å². The van der Waals surface area contributed by atoms with E-state index in [2.05, 4.69) is 5.09 Å². The number of hydrogen-bond acceptors (Lipinski definition) is 4. The summed E-state index contributed by atoms with van der Waals surface area (Å²) in [6.07, 6.45) is 0. The second-order valence-corrected chi connectivity index (χ2v) is 3.94. The van der Waals surface area contributed by atoms with Crippen molar-refractivity contribution in [3.05, 3.63) is 0 Å². The van der Waals surface area contributed by atoms with E-state index in [1.54, 1.807) is 0 Å². The van der Waals surface area contributed by atoms with E-state index in [0.717, 1.165) is 19.8 Å². The van der Waals surface area contributed by atoms with E-state index < -0.39 is 0 Å². The molecule has 0 aliphatic carbocycles. The molecule has 10 heavy (non-hydrogen) atoms. The van der Waals surface area contributed by atoms with E-state index in [1.165, 1.54) is 0 Å². The SMILES string of the molecule is C1OPNC12COPOC2. The average Bonchev–Trinajstić information content (AvgIpc) is 2.39. The van der Waals surface area contributed by atoms with Crippen LogP contribution in [0.5, 0.6) is 0 Å². The van der Waals surface area contributed by atoms with E-state index in [1.807, 2.05) is 0 Å². The zero-order valence-corrected chi connectivity index (χ0v) is 7.35. The number of rotatable bonds is 0. The van der Waals surface area contributed by atoms with Gasteiger partial charge < -0.3 is 13.6 Å². The zero-order chi connectivity index (χ0) is 6.86. The van der Waals surface area contributed by atoms with Crippen LogP contribution in [0.25, 0.3) is 0 Å². The van der Waals surface area contributed by atoms with E-state index >= 15 is 0 Å². The first-order chi connectivity index (χ1) is 4.91. The second kappa shape index (κ2) is 2.98. The summed E-state index contributed by atoms with van der Waals surface area (Å²) in [6, 6.07) is 0. The molecule has 1 N–H and O–H groups in total. The summed E-state index contributed by atoms with van der Waals surface area (Å²) in [6.45, 7) is 2.16. The summed E-state index contributed by atoms with van der Waals surface area (Å²) in [5.41, 5.74) is -0.0241. The predicted molar refractivity (Wildman–Crippen MR) is 40.4 cm³/mol. The monoisotopic (exact) mass is 181 g/mol. The first-order valence-electron chi connectivity index (χ1n) is 3.04. The minimum Gasteiger partial charge on any atom is -0.344 e. The van der Waals surface area contributed by atoms with Crippen molar-refractivity contribution < 1.29 is 13.6 Å². The Kier molecular flexibility index (Phi) is 2.19. The molecule has 0 bridgehead atoms. The van der Waals surface area contributed by atoms with Gasteiger partial charge in [0.1, 0.15) is 0 Å². The molecule has 0 aromatic rings. The van der Waals surface area contributed by atoms with Crippen molar-refractivity contribution in [2.45, 2.75) is 5.54 Å². The maximum absolute atomic E-state index is 5.20. The van der Waals surface area contributed by atoms with Gasteiger partial charge in [-0.2, -0.15) is 0 Å². The first-order valence-corrected chi connectivity index (χ1v) is 4.76. The van der Waals surface area contributed by atoms with Crippen molar-refractivity contribution in [3.8, 4) is 0 Å². The van der Waals surface area contributed by atoms with Gasteiger partial charge in [0.25, 0.3) is 0 Å². The fourth-order valence-electron chi connectivity index (χ4n) is 0.929. The molecule has 2 aliphatic heterocycles. The zero-order valence-electron chi connectivity index (χ0n) is 5.35. The van der Waals surface area contributed by atoms with E-state index in [0.29, 0.717) is 8.96 Å². The largest absolute Gasteiger partial charge is 0.344 e. The average molecular weight is 181 g/mol. The smallest absolute Gasteiger partial charge is 0.155 e. The molecule has 1 unspecified atom stereocenters. The van der Waals surface area contributed by atoms with Crippen LogP contribution in [0.15, 0.2) is 0 Å². The summed E-state index contributed by atoms with van der Waals surface area (Å²) in [5, 5.41) is 3.23. The summed E-state index contributed by atoms with van der Waals surface area (Å²) in [7, 11) is 0.613. The molecular formula is C4H9NO3P2. The lowest BCUT2D eigenvalue weighted by atomic mass is 10.1. The highest BCUT2D eigenvalue weighted by Gasteiger charge is 2.37. The molecule has 2 saturated heterocycles. The second-order valence-electron chi connectivity index (χ2n) is 2.46. The Morgan fingerprint density at radius 3 is 2.40 bits per heavy atom. The van der Waals surface area contributed by atoms with Crippen LogP contribution >= 0.6 is 18.0 Å². The molecule has 2 rings (SSSR count). The number of hydrogen-bond donors (Lipinski definition) is 1. The Bertz CT molecular complexity index is 120. The van der Waals surface area contributed by atoms with Crippen LogP contribution < -0.4 is 5.09 Å². The third-order valence-electron chi connectivity index (χ3n) is 1.55. The first kappa shape index (κ1) is 7.35. The van der Waals surface area contributed by atoms with Crippen molar-refractivity contribution in [2.75, 3.05) is 19.8 Å². The minimum atomic E-state index is -0.0241. The Balaban J connectivity index is 1.98. The molecule has 0 aromatic carbocycles. The highest BCUT2D eigenvalue weighted by Crippen LogP contribution is 2.33. The molecule has 2 aliphatic rings. The van der Waals surface area contributed by atoms with Crippen molar-refractivity contribution in [1.82, 2.24) is 5.09 Å². The number of nitrogens with one attached hydrogen (secondary N) is 1. The summed E-state index contributed by atoms with van der Waals surface area (Å²) >= 11 is 0. The third kappa shape index (κ3) is 1.33. The fraction of sp³-hybridized carbons (Fsp3) is 1.00. The molecule has 1 spiro atoms. The molecule has 6 heteroatoms. The van der Waals surface area contributed by atoms with Gasteiger partial charge in [0.2, 0.25) is 0 Å². The van der Waals surface area contributed by atoms with Crippen molar-refractivity contribution >= 4 is 18.0 Å². The summed E-state index contributed by atoms with van der Waals surface area (Å²) in [4.78, 5) is 0. The van der Waals surface area contributed by atoms with Crippen molar-refractivity contribution in [3.63, 3.8) is 0 Å². The van der Waals surface area contributed by atoms with Crippen LogP contribution in [0.2, 0.25) is 0 Å². The Labute approximate surface area is 62.9 Å². The lowest BCUT2D eigenvalue weighted by Crippen LogP contribution is -2.49. The molecule has 0 aromatic heterocycles. The minimum absolute atomic E-state index is 0.0241. The van der Waals surface area contributed by atoms with E-state index in [4.69, 9.17) is 13.6 Å². The third-order valence-corrected chi connectivity index (χ3v) is 3.00. The molecule has 1 atom stereocenters. The summed E-state index contributed by atoms with van der Waals surface area (Å²) < 4.78 is 15.5. The van der Waals surface area contributed by atoms with Gasteiger partial charge in [0.05, 0.1) is 34.3 Å². The van der Waals surface area contributed by atoms with Gasteiger partial charge in [-0.15, -0.1) is 0 Å². The van der Waals surface area contributed by atoms with Gasteiger partial charge in [-0.25, -0.2) is 0 Å². The van der Waals surface area contributed by atoms with E-state index in [-0.39, 0.29) is 14.6 Å². The molecule has 58 valence electrons. The summed E-state index contributed by atoms with van der Waals surface area (Å²) in [5.74, 6) is 0. The highest BCUT2D eigenvalue weighted by atomic mass is 31.1. The molecule has 2 heterocycles. The van der Waals surface area contributed by atoms with Crippen LogP contribution in [-0.2, 0) is 13.6 Å². The molecule has 0 amide bonds. The molecule has 2 fully saturated rings. The quantitative estimate of drug-likeness (QED) is 0.549. The predicted octanol–water partition coefficient (Wildman–Crippen LogP) is 0.409. The Hall–Kier alpha value is 0.700. The molecule has 0 saturated carbocycles. The lowest BCUT2D eigenvalue weighted by molar-refractivity contribution is 0.0809. The molecule has 0 radical (unpaired) electrons. The van der Waals surface area contributed by atoms with Gasteiger partial charge >= 0.3 is 0 Å². The maximum atomic E-state index is 5.20. The standard InChI is InChI=1S/C4H9NO3P2/c1-4(5-9-6-1)2-7-10-8-3-4/h5,9-10H,1-3H2. The topological polar surface area (TPSA) is 39.7 Å². The van der Waals surface area contributed by atoms with Crippen molar-refractivity contribution in [1.29, 1.82) is 0 Å². The van der Waals surface area contributed by atoms with Gasteiger partial charge in [-0.1, -0.05) is 0 Å². The van der Waals surface area contributed by atoms with Crippen LogP contribution in [0, 0.1) is 0 Å². The fourth-order valence-corrected chi connectivity index (χ4v) is 2.54. The van der Waals surface area contributed by atoms with Gasteiger partial charge in [0.15, 0.2) is 9.03 Å². The van der Waals surface area contributed by atoms with Crippen LogP contribution in [0.3, 0.4) is 0 Å². The van der Waals surface area contributed by atoms with Crippen LogP contribution in [0.1, 0.15) is 0 Å². The van der Waals surface area contributed by atoms with Crippen LogP contribution in [-0.4, -0.2) is 25.4 Å².